The second-order valence-corrected chi connectivity index (χ2v) is 22.0. The number of fused-ring (bicyclic) bond motifs is 3. The maximum atomic E-state index is 14.6. The third-order valence-electron chi connectivity index (χ3n) is 16.0. The fraction of sp³-hybridized carbons (Fsp3) is 0.690. The van der Waals surface area contributed by atoms with Crippen LogP contribution in [0.1, 0.15) is 137 Å². The number of carbonyl (C=O) groups excluding carboxylic acids is 6. The van der Waals surface area contributed by atoms with Crippen LogP contribution in [0.2, 0.25) is 0 Å². The first-order chi connectivity index (χ1) is 36.1. The van der Waals surface area contributed by atoms with Gasteiger partial charge < -0.3 is 48.9 Å². The first kappa shape index (κ1) is 61.9. The van der Waals surface area contributed by atoms with Crippen LogP contribution in [0.15, 0.2) is 60.0 Å². The maximum Gasteiger partial charge on any atom is 0.407 e. The van der Waals surface area contributed by atoms with Gasteiger partial charge in [0.2, 0.25) is 5.79 Å². The average Bonchev–Trinajstić information content (AvgIpc) is 3.40. The highest BCUT2D eigenvalue weighted by atomic mass is 16.6. The normalized spacial score (nSPS) is 36.1. The highest BCUT2D eigenvalue weighted by Crippen LogP contribution is 2.38. The summed E-state index contributed by atoms with van der Waals surface area (Å²) >= 11 is 0. The molecule has 18 nitrogen and oxygen atoms in total. The standard InChI is InChI=1S/C58H86N4O14/c1-34-17-13-12-14-18-35(2)48(71-9)29-44-22-20-40(7)58(70,76-44)54(66)55(67)62-24-16-15-19-45(62)56(68)74-49(30-46(63)36(3)26-39(6)52(65)53(73-11)51(64)38(5)25-34)37(4)27-42-21-23-47(50(28-42)72-10)75-57(69)61-33-43-31-59-41(8)60-32-43/h12-14,17-18,26,31-32,34,36-38,40,42,44-45,47-50,52-53,65,70H,15-16,19-25,27-30,33H2,1-11H3,(H,61,69)/b14-12+,17-13+,35-18+,39-26+/t34-,36-,37-,38?,40-,42+,44+,45+,47-,48+,49+,50-,52-,53+,58-/m1/s1. The largest absolute Gasteiger partial charge is 0.460 e. The van der Waals surface area contributed by atoms with Crippen molar-refractivity contribution < 1.29 is 67.4 Å². The van der Waals surface area contributed by atoms with Crippen LogP contribution in [-0.2, 0) is 58.9 Å². The van der Waals surface area contributed by atoms with Gasteiger partial charge in [-0.15, -0.1) is 0 Å². The number of alkyl carbamates (subject to hydrolysis) is 1. The zero-order valence-corrected chi connectivity index (χ0v) is 46.7. The van der Waals surface area contributed by atoms with Gasteiger partial charge in [-0.3, -0.25) is 19.2 Å². The van der Waals surface area contributed by atoms with Gasteiger partial charge in [0.05, 0.1) is 18.3 Å². The second-order valence-electron chi connectivity index (χ2n) is 22.0. The van der Waals surface area contributed by atoms with Gasteiger partial charge in [0.1, 0.15) is 42.1 Å². The van der Waals surface area contributed by atoms with E-state index in [1.54, 1.807) is 60.4 Å². The van der Waals surface area contributed by atoms with Crippen molar-refractivity contribution in [3.63, 3.8) is 0 Å². The highest BCUT2D eigenvalue weighted by molar-refractivity contribution is 6.39. The molecule has 1 unspecified atom stereocenters. The van der Waals surface area contributed by atoms with Gasteiger partial charge in [-0.2, -0.15) is 0 Å². The minimum absolute atomic E-state index is 0.000123. The Bertz CT molecular complexity index is 2270. The summed E-state index contributed by atoms with van der Waals surface area (Å²) < 4.78 is 35.7. The number of amides is 2. The number of hydrogen-bond donors (Lipinski definition) is 3. The lowest BCUT2D eigenvalue weighted by Crippen LogP contribution is -2.61. The van der Waals surface area contributed by atoms with Crippen molar-refractivity contribution in [2.45, 2.75) is 194 Å². The van der Waals surface area contributed by atoms with E-state index in [1.165, 1.54) is 12.0 Å². The second kappa shape index (κ2) is 29.1. The number of esters is 1. The summed E-state index contributed by atoms with van der Waals surface area (Å²) in [5.41, 5.74) is 1.95. The fourth-order valence-electron chi connectivity index (χ4n) is 11.1. The van der Waals surface area contributed by atoms with E-state index < -0.39 is 102 Å². The minimum atomic E-state index is -2.46. The Hall–Kier alpha value is -4.98. The summed E-state index contributed by atoms with van der Waals surface area (Å²) in [5.74, 6) is -7.79. The number of ketones is 3. The zero-order chi connectivity index (χ0) is 55.9. The van der Waals surface area contributed by atoms with Gasteiger partial charge in [0.15, 0.2) is 5.78 Å². The van der Waals surface area contributed by atoms with E-state index in [2.05, 4.69) is 15.3 Å². The number of piperidine rings is 1. The topological polar surface area (TPSA) is 239 Å². The van der Waals surface area contributed by atoms with Crippen LogP contribution in [0, 0.1) is 42.4 Å². The molecule has 2 amide bonds. The van der Waals surface area contributed by atoms with Crippen molar-refractivity contribution in [2.24, 2.45) is 35.5 Å². The number of aryl methyl sites for hydroxylation is 1. The summed E-state index contributed by atoms with van der Waals surface area (Å²) in [6.07, 6.45) is 13.1. The van der Waals surface area contributed by atoms with E-state index in [-0.39, 0.29) is 49.3 Å². The Morgan fingerprint density at radius 2 is 1.59 bits per heavy atom. The molecule has 2 saturated heterocycles. The number of ether oxygens (including phenoxy) is 6. The van der Waals surface area contributed by atoms with Crippen molar-refractivity contribution in [2.75, 3.05) is 27.9 Å². The number of methoxy groups -OCH3 is 3. The van der Waals surface area contributed by atoms with Crippen LogP contribution in [0.25, 0.3) is 0 Å². The van der Waals surface area contributed by atoms with E-state index in [0.29, 0.717) is 75.6 Å². The molecule has 1 aliphatic carbocycles. The van der Waals surface area contributed by atoms with Crippen molar-refractivity contribution in [3.8, 4) is 0 Å². The van der Waals surface area contributed by atoms with Crippen LogP contribution in [0.3, 0.4) is 0 Å². The molecule has 18 heteroatoms. The van der Waals surface area contributed by atoms with E-state index >= 15 is 0 Å². The smallest absolute Gasteiger partial charge is 0.407 e. The molecule has 1 aromatic rings. The number of aromatic nitrogens is 2. The summed E-state index contributed by atoms with van der Waals surface area (Å²) in [7, 11) is 4.50. The quantitative estimate of drug-likeness (QED) is 0.126. The average molecular weight is 1060 g/mol. The number of aliphatic hydroxyl groups excluding tert-OH is 1. The Morgan fingerprint density at radius 3 is 2.28 bits per heavy atom. The predicted molar refractivity (Wildman–Crippen MR) is 283 cm³/mol. The van der Waals surface area contributed by atoms with E-state index in [0.717, 1.165) is 11.1 Å². The Morgan fingerprint density at radius 1 is 0.868 bits per heavy atom. The molecule has 5 rings (SSSR count). The lowest BCUT2D eigenvalue weighted by Gasteiger charge is -2.42. The molecular formula is C58H86N4O14. The monoisotopic (exact) mass is 1060 g/mol. The SMILES string of the molecule is CO[C@H]1C[C@@H]2CC[C@@H](C)[C@@](O)(O2)C(=O)C(=O)N2CCCC[C@H]2C(=O)O[C@H]([C@H](C)C[C@@H]2CC[C@@H](OC(=O)NCc3cnc(C)nc3)[C@H](OC)C2)CC(=O)[C@H](C)/C=C(\C)[C@@H](O)[C@@H](OC)C(=O)C(C)C[C@H](C)/C=C/C=C/C=C/1C. The van der Waals surface area contributed by atoms with Crippen molar-refractivity contribution in [1.29, 1.82) is 0 Å². The van der Waals surface area contributed by atoms with Crippen LogP contribution >= 0.6 is 0 Å². The Kier molecular flexibility index (Phi) is 23.7. The van der Waals surface area contributed by atoms with Crippen LogP contribution in [-0.4, -0.2) is 143 Å². The molecule has 0 spiro atoms. The molecule has 3 fully saturated rings. The zero-order valence-electron chi connectivity index (χ0n) is 46.7. The molecule has 4 heterocycles. The molecule has 3 N–H and O–H groups in total. The molecule has 0 aromatic carbocycles. The molecule has 0 radical (unpaired) electrons. The Balaban J connectivity index is 1.41. The number of aliphatic hydroxyl groups is 2. The van der Waals surface area contributed by atoms with Gasteiger partial charge in [-0.05, 0) is 114 Å². The van der Waals surface area contributed by atoms with E-state index in [9.17, 15) is 39.0 Å². The third-order valence-corrected chi connectivity index (χ3v) is 16.0. The number of nitrogens with one attached hydrogen (secondary N) is 1. The molecule has 15 atom stereocenters. The van der Waals surface area contributed by atoms with Gasteiger partial charge in [0.25, 0.3) is 11.7 Å². The minimum Gasteiger partial charge on any atom is -0.460 e. The summed E-state index contributed by atoms with van der Waals surface area (Å²) in [5, 5.41) is 26.3. The molecule has 4 aliphatic rings. The first-order valence-electron chi connectivity index (χ1n) is 27.3. The van der Waals surface area contributed by atoms with Crippen molar-refractivity contribution in [3.05, 3.63) is 71.4 Å². The van der Waals surface area contributed by atoms with Gasteiger partial charge in [-0.1, -0.05) is 71.1 Å². The first-order valence-corrected chi connectivity index (χ1v) is 27.3. The van der Waals surface area contributed by atoms with Crippen LogP contribution in [0.5, 0.6) is 0 Å². The van der Waals surface area contributed by atoms with Gasteiger partial charge >= 0.3 is 12.1 Å². The molecule has 2 bridgehead atoms. The number of allylic oxidation sites excluding steroid dienone is 6. The Labute approximate surface area is 449 Å². The lowest BCUT2D eigenvalue weighted by atomic mass is 9.78. The highest BCUT2D eigenvalue weighted by Gasteiger charge is 2.53. The lowest BCUT2D eigenvalue weighted by molar-refractivity contribution is -0.265. The molecule has 1 saturated carbocycles. The van der Waals surface area contributed by atoms with E-state index in [4.69, 9.17) is 28.4 Å². The number of hydrogen-bond acceptors (Lipinski definition) is 16. The molecule has 76 heavy (non-hydrogen) atoms. The number of cyclic esters (lactones) is 1. The third kappa shape index (κ3) is 16.8. The van der Waals surface area contributed by atoms with Crippen molar-refractivity contribution in [1.82, 2.24) is 20.2 Å². The predicted octanol–water partition coefficient (Wildman–Crippen LogP) is 7.21. The number of nitrogens with zero attached hydrogens (tertiary/aromatic N) is 3. The summed E-state index contributed by atoms with van der Waals surface area (Å²) in [6.45, 7) is 14.6. The summed E-state index contributed by atoms with van der Waals surface area (Å²) in [4.78, 5) is 93.9. The number of rotatable bonds is 9. The number of Topliss-reactive ketones (excluding diaryl/α,β-unsaturated/α-hetero) is 3. The van der Waals surface area contributed by atoms with Crippen molar-refractivity contribution >= 4 is 35.3 Å². The van der Waals surface area contributed by atoms with E-state index in [1.807, 2.05) is 58.1 Å². The maximum absolute atomic E-state index is 14.6. The molecule has 3 aliphatic heterocycles. The fourth-order valence-corrected chi connectivity index (χ4v) is 11.1. The van der Waals surface area contributed by atoms with Gasteiger partial charge in [-0.25, -0.2) is 19.6 Å². The van der Waals surface area contributed by atoms with Crippen LogP contribution < -0.4 is 5.32 Å². The van der Waals surface area contributed by atoms with Crippen LogP contribution in [0.4, 0.5) is 4.79 Å². The molecule has 422 valence electrons. The van der Waals surface area contributed by atoms with Gasteiger partial charge in [0, 0.05) is 83.0 Å². The number of carbonyl (C=O) groups is 6. The molecule has 1 aromatic heterocycles. The molecular weight excluding hydrogens is 977 g/mol. The summed E-state index contributed by atoms with van der Waals surface area (Å²) in [6, 6.07) is -1.18.